The van der Waals surface area contributed by atoms with Crippen LogP contribution in [0, 0.1) is 5.92 Å². The van der Waals surface area contributed by atoms with Gasteiger partial charge in [-0.15, -0.1) is 11.3 Å². The Bertz CT molecular complexity index is 317. The standard InChI is InChI=1S/C12H21N3S/c1-9(2)10(3)15-12(13-4)14-8-11-6-5-7-16-11/h5-7,9-10H,8H2,1-4H3,(H2,13,14,15). The van der Waals surface area contributed by atoms with Crippen molar-refractivity contribution in [1.29, 1.82) is 0 Å². The number of nitrogens with one attached hydrogen (secondary N) is 2. The minimum atomic E-state index is 0.425. The van der Waals surface area contributed by atoms with Crippen molar-refractivity contribution in [2.24, 2.45) is 10.9 Å². The number of aliphatic imine (C=N–C) groups is 1. The van der Waals surface area contributed by atoms with Gasteiger partial charge in [0.2, 0.25) is 0 Å². The van der Waals surface area contributed by atoms with Crippen LogP contribution in [0.3, 0.4) is 0 Å². The molecule has 1 heterocycles. The van der Waals surface area contributed by atoms with Crippen molar-refractivity contribution >= 4 is 17.3 Å². The first-order valence-electron chi connectivity index (χ1n) is 5.63. The molecule has 0 radical (unpaired) electrons. The van der Waals surface area contributed by atoms with E-state index in [4.69, 9.17) is 0 Å². The van der Waals surface area contributed by atoms with Gasteiger partial charge in [-0.1, -0.05) is 19.9 Å². The van der Waals surface area contributed by atoms with Gasteiger partial charge in [0.05, 0.1) is 6.54 Å². The molecular formula is C12H21N3S. The maximum atomic E-state index is 4.21. The average Bonchev–Trinajstić information content (AvgIpc) is 2.76. The normalized spacial score (nSPS) is 13.9. The van der Waals surface area contributed by atoms with Crippen LogP contribution in [0.2, 0.25) is 0 Å². The highest BCUT2D eigenvalue weighted by atomic mass is 32.1. The molecule has 1 aromatic heterocycles. The Morgan fingerprint density at radius 2 is 2.19 bits per heavy atom. The van der Waals surface area contributed by atoms with Crippen LogP contribution in [0.4, 0.5) is 0 Å². The molecule has 0 amide bonds. The molecular weight excluding hydrogens is 218 g/mol. The van der Waals surface area contributed by atoms with Crippen molar-refractivity contribution in [3.63, 3.8) is 0 Å². The molecule has 2 N–H and O–H groups in total. The Kier molecular flexibility index (Phi) is 5.32. The van der Waals surface area contributed by atoms with E-state index in [2.05, 4.69) is 53.9 Å². The zero-order valence-corrected chi connectivity index (χ0v) is 11.3. The van der Waals surface area contributed by atoms with Gasteiger partial charge in [0.25, 0.3) is 0 Å². The first-order valence-corrected chi connectivity index (χ1v) is 6.51. The number of guanidine groups is 1. The Labute approximate surface area is 102 Å². The van der Waals surface area contributed by atoms with Gasteiger partial charge >= 0.3 is 0 Å². The zero-order chi connectivity index (χ0) is 12.0. The van der Waals surface area contributed by atoms with Crippen molar-refractivity contribution in [2.75, 3.05) is 7.05 Å². The Hall–Kier alpha value is -1.03. The van der Waals surface area contributed by atoms with E-state index < -0.39 is 0 Å². The lowest BCUT2D eigenvalue weighted by Crippen LogP contribution is -2.43. The molecule has 0 saturated carbocycles. The van der Waals surface area contributed by atoms with Crippen molar-refractivity contribution in [3.8, 4) is 0 Å². The molecule has 0 saturated heterocycles. The molecule has 0 aliphatic heterocycles. The second-order valence-corrected chi connectivity index (χ2v) is 5.21. The molecule has 3 nitrogen and oxygen atoms in total. The quantitative estimate of drug-likeness (QED) is 0.625. The predicted octanol–water partition coefficient (Wildman–Crippen LogP) is 2.46. The molecule has 16 heavy (non-hydrogen) atoms. The minimum absolute atomic E-state index is 0.425. The third-order valence-electron chi connectivity index (χ3n) is 2.60. The van der Waals surface area contributed by atoms with Crippen molar-refractivity contribution in [2.45, 2.75) is 33.4 Å². The van der Waals surface area contributed by atoms with Crippen LogP contribution in [-0.2, 0) is 6.54 Å². The van der Waals surface area contributed by atoms with Crippen LogP contribution < -0.4 is 10.6 Å². The summed E-state index contributed by atoms with van der Waals surface area (Å²) in [5, 5.41) is 8.77. The first kappa shape index (κ1) is 13.0. The third kappa shape index (κ3) is 4.23. The van der Waals surface area contributed by atoms with E-state index in [9.17, 15) is 0 Å². The maximum Gasteiger partial charge on any atom is 0.191 e. The minimum Gasteiger partial charge on any atom is -0.354 e. The van der Waals surface area contributed by atoms with Gasteiger partial charge in [-0.05, 0) is 24.3 Å². The summed E-state index contributed by atoms with van der Waals surface area (Å²) in [6, 6.07) is 4.61. The Morgan fingerprint density at radius 1 is 1.44 bits per heavy atom. The third-order valence-corrected chi connectivity index (χ3v) is 3.47. The fourth-order valence-corrected chi connectivity index (χ4v) is 1.81. The van der Waals surface area contributed by atoms with E-state index in [1.807, 2.05) is 0 Å². The smallest absolute Gasteiger partial charge is 0.191 e. The molecule has 0 spiro atoms. The first-order chi connectivity index (χ1) is 7.63. The number of thiophene rings is 1. The summed E-state index contributed by atoms with van der Waals surface area (Å²) >= 11 is 1.76. The fraction of sp³-hybridized carbons (Fsp3) is 0.583. The lowest BCUT2D eigenvalue weighted by Gasteiger charge is -2.20. The van der Waals surface area contributed by atoms with Crippen molar-refractivity contribution in [1.82, 2.24) is 10.6 Å². The van der Waals surface area contributed by atoms with Crippen LogP contribution in [-0.4, -0.2) is 19.0 Å². The summed E-state index contributed by atoms with van der Waals surface area (Å²) in [4.78, 5) is 5.53. The van der Waals surface area contributed by atoms with Crippen LogP contribution in [0.15, 0.2) is 22.5 Å². The lowest BCUT2D eigenvalue weighted by atomic mass is 10.1. The predicted molar refractivity (Wildman–Crippen MR) is 72.0 cm³/mol. The largest absolute Gasteiger partial charge is 0.354 e. The van der Waals surface area contributed by atoms with E-state index in [1.165, 1.54) is 4.88 Å². The van der Waals surface area contributed by atoms with E-state index in [1.54, 1.807) is 18.4 Å². The van der Waals surface area contributed by atoms with Crippen LogP contribution in [0.5, 0.6) is 0 Å². The van der Waals surface area contributed by atoms with Crippen LogP contribution in [0.25, 0.3) is 0 Å². The summed E-state index contributed by atoms with van der Waals surface area (Å²) in [7, 11) is 1.80. The second kappa shape index (κ2) is 6.53. The second-order valence-electron chi connectivity index (χ2n) is 4.18. The summed E-state index contributed by atoms with van der Waals surface area (Å²) in [5.41, 5.74) is 0. The van der Waals surface area contributed by atoms with Crippen LogP contribution in [0.1, 0.15) is 25.6 Å². The van der Waals surface area contributed by atoms with Crippen molar-refractivity contribution in [3.05, 3.63) is 22.4 Å². The molecule has 0 aromatic carbocycles. The molecule has 4 heteroatoms. The van der Waals surface area contributed by atoms with Gasteiger partial charge in [0.1, 0.15) is 0 Å². The number of rotatable bonds is 4. The fourth-order valence-electron chi connectivity index (χ4n) is 1.16. The van der Waals surface area contributed by atoms with Gasteiger partial charge in [0.15, 0.2) is 5.96 Å². The molecule has 1 aromatic rings. The van der Waals surface area contributed by atoms with E-state index in [-0.39, 0.29) is 0 Å². The SMILES string of the molecule is CN=C(NCc1cccs1)NC(C)C(C)C. The molecule has 0 bridgehead atoms. The number of hydrogen-bond donors (Lipinski definition) is 2. The van der Waals surface area contributed by atoms with E-state index in [0.717, 1.165) is 12.5 Å². The number of nitrogens with zero attached hydrogens (tertiary/aromatic N) is 1. The summed E-state index contributed by atoms with van der Waals surface area (Å²) in [6.07, 6.45) is 0. The molecule has 0 aliphatic carbocycles. The average molecular weight is 239 g/mol. The summed E-state index contributed by atoms with van der Waals surface area (Å²) < 4.78 is 0. The maximum absolute atomic E-state index is 4.21. The number of hydrogen-bond acceptors (Lipinski definition) is 2. The topological polar surface area (TPSA) is 36.4 Å². The molecule has 1 rings (SSSR count). The van der Waals surface area contributed by atoms with Gasteiger partial charge in [-0.2, -0.15) is 0 Å². The Balaban J connectivity index is 2.38. The highest BCUT2D eigenvalue weighted by Crippen LogP contribution is 2.07. The lowest BCUT2D eigenvalue weighted by molar-refractivity contribution is 0.481. The molecule has 1 unspecified atom stereocenters. The van der Waals surface area contributed by atoms with Crippen molar-refractivity contribution < 1.29 is 0 Å². The molecule has 0 aliphatic rings. The van der Waals surface area contributed by atoms with Gasteiger partial charge in [-0.3, -0.25) is 4.99 Å². The van der Waals surface area contributed by atoms with Gasteiger partial charge in [0, 0.05) is 18.0 Å². The van der Waals surface area contributed by atoms with E-state index >= 15 is 0 Å². The van der Waals surface area contributed by atoms with Gasteiger partial charge in [-0.25, -0.2) is 0 Å². The molecule has 1 atom stereocenters. The summed E-state index contributed by atoms with van der Waals surface area (Å²) in [5.74, 6) is 1.47. The highest BCUT2D eigenvalue weighted by molar-refractivity contribution is 7.09. The Morgan fingerprint density at radius 3 is 2.69 bits per heavy atom. The van der Waals surface area contributed by atoms with Gasteiger partial charge < -0.3 is 10.6 Å². The van der Waals surface area contributed by atoms with E-state index in [0.29, 0.717) is 12.0 Å². The zero-order valence-electron chi connectivity index (χ0n) is 10.4. The monoisotopic (exact) mass is 239 g/mol. The van der Waals surface area contributed by atoms with Crippen LogP contribution >= 0.6 is 11.3 Å². The summed E-state index contributed by atoms with van der Waals surface area (Å²) in [6.45, 7) is 7.40. The molecule has 90 valence electrons. The molecule has 0 fully saturated rings. The highest BCUT2D eigenvalue weighted by Gasteiger charge is 2.08.